The van der Waals surface area contributed by atoms with Gasteiger partial charge in [0.2, 0.25) is 10.0 Å². The molecular weight excluding hydrogens is 366 g/mol. The summed E-state index contributed by atoms with van der Waals surface area (Å²) in [5.41, 5.74) is 0.643. The predicted molar refractivity (Wildman–Crippen MR) is 102 cm³/mol. The number of carbonyl (C=O) groups excluding carboxylic acids is 1. The highest BCUT2D eigenvalue weighted by atomic mass is 32.2. The number of hydrogen-bond acceptors (Lipinski definition) is 5. The molecule has 8 heteroatoms. The minimum atomic E-state index is -3.40. The van der Waals surface area contributed by atoms with Gasteiger partial charge in [0.1, 0.15) is 5.60 Å². The van der Waals surface area contributed by atoms with Crippen LogP contribution in [0.5, 0.6) is 0 Å². The topological polar surface area (TPSA) is 99.5 Å². The molecular formula is C19H27N3O4S. The van der Waals surface area contributed by atoms with Crippen molar-refractivity contribution in [1.29, 1.82) is 5.26 Å². The second-order valence-electron chi connectivity index (χ2n) is 7.79. The molecule has 0 bridgehead atoms. The lowest BCUT2D eigenvalue weighted by molar-refractivity contribution is 0.0513. The molecule has 0 spiro atoms. The average molecular weight is 394 g/mol. The number of carbonyl (C=O) groups is 1. The Labute approximate surface area is 161 Å². The molecule has 0 radical (unpaired) electrons. The Kier molecular flexibility index (Phi) is 6.84. The number of nitrogens with zero attached hydrogens (tertiary/aromatic N) is 2. The van der Waals surface area contributed by atoms with Crippen LogP contribution in [0.2, 0.25) is 0 Å². The molecule has 0 atom stereocenters. The van der Waals surface area contributed by atoms with Crippen LogP contribution in [0.25, 0.3) is 0 Å². The van der Waals surface area contributed by atoms with Crippen molar-refractivity contribution in [3.05, 3.63) is 35.4 Å². The van der Waals surface area contributed by atoms with E-state index < -0.39 is 21.7 Å². The Morgan fingerprint density at radius 1 is 1.26 bits per heavy atom. The maximum absolute atomic E-state index is 12.6. The fourth-order valence-electron chi connectivity index (χ4n) is 2.91. The van der Waals surface area contributed by atoms with Gasteiger partial charge >= 0.3 is 6.09 Å². The van der Waals surface area contributed by atoms with E-state index in [1.165, 1.54) is 4.31 Å². The van der Waals surface area contributed by atoms with Crippen LogP contribution in [0, 0.1) is 17.2 Å². The van der Waals surface area contributed by atoms with E-state index in [0.717, 1.165) is 0 Å². The van der Waals surface area contributed by atoms with E-state index in [-0.39, 0.29) is 11.7 Å². The quantitative estimate of drug-likeness (QED) is 0.829. The molecule has 1 saturated heterocycles. The lowest BCUT2D eigenvalue weighted by Crippen LogP contribution is -2.42. The minimum Gasteiger partial charge on any atom is -0.444 e. The number of amides is 1. The summed E-state index contributed by atoms with van der Waals surface area (Å²) in [5, 5.41) is 11.6. The van der Waals surface area contributed by atoms with Crippen molar-refractivity contribution < 1.29 is 17.9 Å². The fraction of sp³-hybridized carbons (Fsp3) is 0.579. The van der Waals surface area contributed by atoms with Crippen molar-refractivity contribution in [2.75, 3.05) is 19.6 Å². The first-order valence-electron chi connectivity index (χ1n) is 9.03. The Morgan fingerprint density at radius 2 is 1.85 bits per heavy atom. The molecule has 7 nitrogen and oxygen atoms in total. The van der Waals surface area contributed by atoms with Crippen molar-refractivity contribution in [2.24, 2.45) is 5.92 Å². The molecule has 0 unspecified atom stereocenters. The summed E-state index contributed by atoms with van der Waals surface area (Å²) in [6.07, 6.45) is 0.948. The number of piperidine rings is 1. The second-order valence-corrected chi connectivity index (χ2v) is 9.76. The SMILES string of the molecule is CC(C)(C)OC(=O)NCC1CCN(S(=O)(=O)Cc2ccc(C#N)cc2)CC1. The molecule has 27 heavy (non-hydrogen) atoms. The second kappa shape index (κ2) is 8.72. The van der Waals surface area contributed by atoms with E-state index >= 15 is 0 Å². The fourth-order valence-corrected chi connectivity index (χ4v) is 4.47. The van der Waals surface area contributed by atoms with Crippen molar-refractivity contribution >= 4 is 16.1 Å². The Hall–Kier alpha value is -2.11. The van der Waals surface area contributed by atoms with E-state index in [9.17, 15) is 13.2 Å². The van der Waals surface area contributed by atoms with E-state index in [0.29, 0.717) is 43.6 Å². The van der Waals surface area contributed by atoms with Crippen LogP contribution >= 0.6 is 0 Å². The van der Waals surface area contributed by atoms with Gasteiger partial charge in [-0.25, -0.2) is 17.5 Å². The summed E-state index contributed by atoms with van der Waals surface area (Å²) >= 11 is 0. The molecule has 1 fully saturated rings. The Bertz CT molecular complexity index is 784. The van der Waals surface area contributed by atoms with Gasteiger partial charge in [0.25, 0.3) is 0 Å². The molecule has 1 N–H and O–H groups in total. The molecule has 1 aromatic rings. The molecule has 1 aromatic carbocycles. The minimum absolute atomic E-state index is 0.0699. The lowest BCUT2D eigenvalue weighted by Gasteiger charge is -2.31. The highest BCUT2D eigenvalue weighted by molar-refractivity contribution is 7.88. The van der Waals surface area contributed by atoms with E-state index in [2.05, 4.69) is 5.32 Å². The van der Waals surface area contributed by atoms with Gasteiger partial charge in [-0.05, 0) is 57.2 Å². The molecule has 0 aromatic heterocycles. The summed E-state index contributed by atoms with van der Waals surface area (Å²) in [6.45, 7) is 6.80. The Balaban J connectivity index is 1.81. The van der Waals surface area contributed by atoms with Crippen molar-refractivity contribution in [3.8, 4) is 6.07 Å². The van der Waals surface area contributed by atoms with E-state index in [1.807, 2.05) is 26.8 Å². The Morgan fingerprint density at radius 3 is 2.37 bits per heavy atom. The zero-order valence-electron chi connectivity index (χ0n) is 16.1. The number of nitriles is 1. The third kappa shape index (κ3) is 6.85. The first kappa shape index (κ1) is 21.2. The van der Waals surface area contributed by atoms with Gasteiger partial charge in [0.15, 0.2) is 0 Å². The molecule has 0 saturated carbocycles. The number of hydrogen-bond donors (Lipinski definition) is 1. The largest absolute Gasteiger partial charge is 0.444 e. The number of nitrogens with one attached hydrogen (secondary N) is 1. The van der Waals surface area contributed by atoms with Crippen LogP contribution in [0.3, 0.4) is 0 Å². The molecule has 0 aliphatic carbocycles. The molecule has 148 valence electrons. The van der Waals surface area contributed by atoms with Gasteiger partial charge in [-0.3, -0.25) is 0 Å². The van der Waals surface area contributed by atoms with Crippen LogP contribution < -0.4 is 5.32 Å². The van der Waals surface area contributed by atoms with Crippen molar-refractivity contribution in [3.63, 3.8) is 0 Å². The van der Waals surface area contributed by atoms with Crippen LogP contribution in [-0.2, 0) is 20.5 Å². The third-order valence-corrected chi connectivity index (χ3v) is 6.18. The lowest BCUT2D eigenvalue weighted by atomic mass is 9.98. The standard InChI is InChI=1S/C19H27N3O4S/c1-19(2,3)26-18(23)21-13-16-8-10-22(11-9-16)27(24,25)14-17-6-4-15(12-20)5-7-17/h4-7,16H,8-11,13-14H2,1-3H3,(H,21,23). The first-order valence-corrected chi connectivity index (χ1v) is 10.6. The predicted octanol–water partition coefficient (Wildman–Crippen LogP) is 2.62. The normalized spacial score (nSPS) is 16.5. The first-order chi connectivity index (χ1) is 12.6. The number of benzene rings is 1. The van der Waals surface area contributed by atoms with Gasteiger partial charge in [0.05, 0.1) is 17.4 Å². The van der Waals surface area contributed by atoms with E-state index in [1.54, 1.807) is 24.3 Å². The smallest absolute Gasteiger partial charge is 0.407 e. The molecule has 1 aliphatic rings. The molecule has 1 aliphatic heterocycles. The van der Waals surface area contributed by atoms with Crippen LogP contribution in [-0.4, -0.2) is 44.1 Å². The molecule has 1 heterocycles. The summed E-state index contributed by atoms with van der Waals surface area (Å²) in [5.74, 6) is 0.165. The maximum Gasteiger partial charge on any atom is 0.407 e. The third-order valence-electron chi connectivity index (χ3n) is 4.33. The summed E-state index contributed by atoms with van der Waals surface area (Å²) in [7, 11) is -3.40. The molecule has 1 amide bonds. The molecule has 2 rings (SSSR count). The zero-order valence-corrected chi connectivity index (χ0v) is 16.9. The van der Waals surface area contributed by atoms with Crippen molar-refractivity contribution in [1.82, 2.24) is 9.62 Å². The maximum atomic E-state index is 12.6. The highest BCUT2D eigenvalue weighted by Gasteiger charge is 2.28. The van der Waals surface area contributed by atoms with Gasteiger partial charge in [-0.15, -0.1) is 0 Å². The van der Waals surface area contributed by atoms with Gasteiger partial charge < -0.3 is 10.1 Å². The van der Waals surface area contributed by atoms with Gasteiger partial charge in [-0.1, -0.05) is 12.1 Å². The average Bonchev–Trinajstić information content (AvgIpc) is 2.59. The van der Waals surface area contributed by atoms with Crippen LogP contribution in [0.1, 0.15) is 44.7 Å². The zero-order chi connectivity index (χ0) is 20.1. The van der Waals surface area contributed by atoms with E-state index in [4.69, 9.17) is 10.00 Å². The summed E-state index contributed by atoms with van der Waals surface area (Å²) in [4.78, 5) is 11.7. The van der Waals surface area contributed by atoms with Gasteiger partial charge in [0, 0.05) is 19.6 Å². The highest BCUT2D eigenvalue weighted by Crippen LogP contribution is 2.21. The summed E-state index contributed by atoms with van der Waals surface area (Å²) < 4.78 is 31.9. The van der Waals surface area contributed by atoms with Crippen LogP contribution in [0.4, 0.5) is 4.79 Å². The van der Waals surface area contributed by atoms with Crippen molar-refractivity contribution in [2.45, 2.75) is 45.0 Å². The van der Waals surface area contributed by atoms with Gasteiger partial charge in [-0.2, -0.15) is 5.26 Å². The van der Waals surface area contributed by atoms with Crippen LogP contribution in [0.15, 0.2) is 24.3 Å². The number of sulfonamides is 1. The number of ether oxygens (including phenoxy) is 1. The number of alkyl carbamates (subject to hydrolysis) is 1. The monoisotopic (exact) mass is 393 g/mol. The number of rotatable bonds is 5. The summed E-state index contributed by atoms with van der Waals surface area (Å²) in [6, 6.07) is 8.62.